The van der Waals surface area contributed by atoms with Gasteiger partial charge in [0.25, 0.3) is 0 Å². The van der Waals surface area contributed by atoms with Crippen molar-refractivity contribution in [3.8, 4) is 0 Å². The van der Waals surface area contributed by atoms with Crippen molar-refractivity contribution >= 4 is 11.8 Å². The molecule has 3 unspecified atom stereocenters. The highest BCUT2D eigenvalue weighted by atomic mass is 16.2. The van der Waals surface area contributed by atoms with E-state index in [0.717, 1.165) is 6.42 Å². The molecular weight excluding hydrogens is 266 g/mol. The molecule has 0 aromatic rings. The molecule has 3 atom stereocenters. The van der Waals surface area contributed by atoms with E-state index in [9.17, 15) is 9.59 Å². The second-order valence-electron chi connectivity index (χ2n) is 6.52. The maximum atomic E-state index is 12.2. The van der Waals surface area contributed by atoms with Gasteiger partial charge in [0, 0.05) is 6.04 Å². The van der Waals surface area contributed by atoms with Gasteiger partial charge in [0.15, 0.2) is 0 Å². The van der Waals surface area contributed by atoms with Gasteiger partial charge in [0.2, 0.25) is 11.8 Å². The van der Waals surface area contributed by atoms with Crippen LogP contribution in [0.3, 0.4) is 0 Å². The molecule has 0 spiro atoms. The summed E-state index contributed by atoms with van der Waals surface area (Å²) < 4.78 is 0. The Kier molecular flexibility index (Phi) is 9.26. The highest BCUT2D eigenvalue weighted by Gasteiger charge is 2.26. The van der Waals surface area contributed by atoms with Crippen LogP contribution in [-0.4, -0.2) is 37.0 Å². The third-order valence-corrected chi connectivity index (χ3v) is 3.51. The van der Waals surface area contributed by atoms with Crippen LogP contribution >= 0.6 is 0 Å². The minimum Gasteiger partial charge on any atom is -0.352 e. The first-order valence-corrected chi connectivity index (χ1v) is 8.00. The maximum absolute atomic E-state index is 12.2. The number of amides is 2. The molecule has 0 aromatic carbocycles. The van der Waals surface area contributed by atoms with Gasteiger partial charge in [-0.1, -0.05) is 34.6 Å². The van der Waals surface area contributed by atoms with E-state index in [1.165, 1.54) is 0 Å². The molecule has 0 aliphatic carbocycles. The molecule has 0 aliphatic heterocycles. The van der Waals surface area contributed by atoms with Crippen LogP contribution in [0.15, 0.2) is 0 Å². The van der Waals surface area contributed by atoms with Gasteiger partial charge in [-0.05, 0) is 38.6 Å². The van der Waals surface area contributed by atoms with E-state index in [4.69, 9.17) is 0 Å². The van der Waals surface area contributed by atoms with Crippen molar-refractivity contribution in [2.45, 2.75) is 72.5 Å². The first kappa shape index (κ1) is 19.9. The highest BCUT2D eigenvalue weighted by Crippen LogP contribution is 2.06. The Hall–Kier alpha value is -1.10. The Bertz CT molecular complexity index is 329. The smallest absolute Gasteiger partial charge is 0.242 e. The van der Waals surface area contributed by atoms with E-state index in [0.29, 0.717) is 12.3 Å². The first-order valence-electron chi connectivity index (χ1n) is 8.00. The van der Waals surface area contributed by atoms with Crippen LogP contribution in [0.4, 0.5) is 0 Å². The highest BCUT2D eigenvalue weighted by molar-refractivity contribution is 5.89. The van der Waals surface area contributed by atoms with Crippen LogP contribution in [-0.2, 0) is 9.59 Å². The summed E-state index contributed by atoms with van der Waals surface area (Å²) in [5.74, 6) is 0.489. The van der Waals surface area contributed by atoms with Crippen LogP contribution < -0.4 is 16.0 Å². The topological polar surface area (TPSA) is 70.2 Å². The summed E-state index contributed by atoms with van der Waals surface area (Å²) in [6.45, 7) is 12.1. The molecular formula is C16H33N3O2. The fourth-order valence-corrected chi connectivity index (χ4v) is 2.49. The van der Waals surface area contributed by atoms with E-state index < -0.39 is 6.04 Å². The van der Waals surface area contributed by atoms with Crippen LogP contribution in [0.2, 0.25) is 0 Å². The lowest BCUT2D eigenvalue weighted by molar-refractivity contribution is -0.131. The van der Waals surface area contributed by atoms with E-state index in [1.807, 2.05) is 27.7 Å². The second-order valence-corrected chi connectivity index (χ2v) is 6.52. The zero-order valence-electron chi connectivity index (χ0n) is 14.6. The van der Waals surface area contributed by atoms with Gasteiger partial charge in [-0.3, -0.25) is 9.59 Å². The molecule has 5 nitrogen and oxygen atoms in total. The lowest BCUT2D eigenvalue weighted by atomic mass is 10.0. The van der Waals surface area contributed by atoms with E-state index >= 15 is 0 Å². The van der Waals surface area contributed by atoms with Gasteiger partial charge in [0.05, 0.1) is 6.04 Å². The molecule has 0 heterocycles. The molecule has 0 radical (unpaired) electrons. The summed E-state index contributed by atoms with van der Waals surface area (Å²) in [7, 11) is 1.76. The minimum absolute atomic E-state index is 0.0994. The lowest BCUT2D eigenvalue weighted by Crippen LogP contribution is -2.54. The number of rotatable bonds is 9. The summed E-state index contributed by atoms with van der Waals surface area (Å²) in [6.07, 6.45) is 1.52. The molecule has 0 fully saturated rings. The summed E-state index contributed by atoms with van der Waals surface area (Å²) >= 11 is 0. The molecule has 21 heavy (non-hydrogen) atoms. The van der Waals surface area contributed by atoms with Crippen molar-refractivity contribution in [1.82, 2.24) is 16.0 Å². The van der Waals surface area contributed by atoms with Crippen LogP contribution in [0.1, 0.15) is 54.4 Å². The molecule has 0 saturated carbocycles. The Labute approximate surface area is 129 Å². The molecule has 0 rings (SSSR count). The second kappa shape index (κ2) is 9.77. The van der Waals surface area contributed by atoms with Gasteiger partial charge >= 0.3 is 0 Å². The van der Waals surface area contributed by atoms with Crippen molar-refractivity contribution in [3.05, 3.63) is 0 Å². The molecule has 0 aromatic heterocycles. The normalized spacial score (nSPS) is 15.7. The Balaban J connectivity index is 4.56. The number of nitrogens with one attached hydrogen (secondary N) is 3. The monoisotopic (exact) mass is 299 g/mol. The lowest BCUT2D eigenvalue weighted by Gasteiger charge is -2.25. The van der Waals surface area contributed by atoms with Crippen molar-refractivity contribution < 1.29 is 9.59 Å². The maximum Gasteiger partial charge on any atom is 0.242 e. The molecule has 5 heteroatoms. The number of likely N-dealkylation sites (N-methyl/N-ethyl adjacent to an activating group) is 1. The van der Waals surface area contributed by atoms with Gasteiger partial charge in [-0.2, -0.15) is 0 Å². The molecule has 0 aliphatic rings. The van der Waals surface area contributed by atoms with Crippen LogP contribution in [0.25, 0.3) is 0 Å². The Morgan fingerprint density at radius 3 is 1.90 bits per heavy atom. The van der Waals surface area contributed by atoms with Crippen molar-refractivity contribution in [2.24, 2.45) is 11.8 Å². The molecule has 3 N–H and O–H groups in total. The fraction of sp³-hybridized carbons (Fsp3) is 0.875. The van der Waals surface area contributed by atoms with Gasteiger partial charge in [-0.15, -0.1) is 0 Å². The summed E-state index contributed by atoms with van der Waals surface area (Å²) in [4.78, 5) is 24.4. The van der Waals surface area contributed by atoms with Crippen LogP contribution in [0.5, 0.6) is 0 Å². The van der Waals surface area contributed by atoms with Crippen LogP contribution in [0, 0.1) is 11.8 Å². The van der Waals surface area contributed by atoms with Gasteiger partial charge in [-0.25, -0.2) is 0 Å². The van der Waals surface area contributed by atoms with Crippen molar-refractivity contribution in [2.75, 3.05) is 7.05 Å². The SMILES string of the molecule is CCC(NC(=O)C(NC)C(C)C)C(=O)NC(C)CC(C)C. The quantitative estimate of drug-likeness (QED) is 0.606. The predicted octanol–water partition coefficient (Wildman–Crippen LogP) is 1.68. The first-order chi connectivity index (χ1) is 9.72. The standard InChI is InChI=1S/C16H33N3O2/c1-8-13(15(20)18-12(6)9-10(2)3)19-16(21)14(17-7)11(4)5/h10-14,17H,8-9H2,1-7H3,(H,18,20)(H,19,21). The van der Waals surface area contributed by atoms with Crippen molar-refractivity contribution in [1.29, 1.82) is 0 Å². The average molecular weight is 299 g/mol. The van der Waals surface area contributed by atoms with E-state index in [1.54, 1.807) is 7.05 Å². The number of hydrogen-bond acceptors (Lipinski definition) is 3. The van der Waals surface area contributed by atoms with E-state index in [2.05, 4.69) is 29.8 Å². The van der Waals surface area contributed by atoms with Gasteiger partial charge < -0.3 is 16.0 Å². The summed E-state index contributed by atoms with van der Waals surface area (Å²) in [5.41, 5.74) is 0. The molecule has 0 saturated heterocycles. The zero-order valence-corrected chi connectivity index (χ0v) is 14.6. The Morgan fingerprint density at radius 2 is 1.52 bits per heavy atom. The molecule has 124 valence electrons. The third kappa shape index (κ3) is 7.46. The van der Waals surface area contributed by atoms with Crippen molar-refractivity contribution in [3.63, 3.8) is 0 Å². The average Bonchev–Trinajstić information content (AvgIpc) is 2.34. The number of carbonyl (C=O) groups is 2. The Morgan fingerprint density at radius 1 is 0.952 bits per heavy atom. The predicted molar refractivity (Wildman–Crippen MR) is 87.0 cm³/mol. The summed E-state index contributed by atoms with van der Waals surface area (Å²) in [6, 6.07) is -0.629. The third-order valence-electron chi connectivity index (χ3n) is 3.51. The van der Waals surface area contributed by atoms with E-state index in [-0.39, 0.29) is 29.8 Å². The summed E-state index contributed by atoms with van der Waals surface area (Å²) in [5, 5.41) is 8.82. The molecule has 0 bridgehead atoms. The zero-order chi connectivity index (χ0) is 16.6. The molecule has 2 amide bonds. The van der Waals surface area contributed by atoms with Gasteiger partial charge in [0.1, 0.15) is 6.04 Å². The minimum atomic E-state index is -0.471. The largest absolute Gasteiger partial charge is 0.352 e. The number of hydrogen-bond donors (Lipinski definition) is 3. The number of carbonyl (C=O) groups excluding carboxylic acids is 2. The fourth-order valence-electron chi connectivity index (χ4n) is 2.49.